The second kappa shape index (κ2) is 3.92. The van der Waals surface area contributed by atoms with E-state index in [1.807, 2.05) is 16.9 Å². The molecule has 0 aromatic carbocycles. The normalized spacial score (nSPS) is 11.1. The van der Waals surface area contributed by atoms with E-state index in [1.165, 1.54) is 5.01 Å². The molecule has 0 saturated heterocycles. The number of thiazole rings is 1. The smallest absolute Gasteiger partial charge is 0.0954 e. The van der Waals surface area contributed by atoms with Gasteiger partial charge >= 0.3 is 0 Å². The van der Waals surface area contributed by atoms with Crippen LogP contribution in [0.25, 0.3) is 0 Å². The summed E-state index contributed by atoms with van der Waals surface area (Å²) in [5, 5.41) is 7.46. The van der Waals surface area contributed by atoms with Gasteiger partial charge in [0, 0.05) is 23.7 Å². The summed E-state index contributed by atoms with van der Waals surface area (Å²) in [6, 6.07) is 1.93. The van der Waals surface area contributed by atoms with Crippen LogP contribution in [0.1, 0.15) is 30.5 Å². The summed E-state index contributed by atoms with van der Waals surface area (Å²) in [6.45, 7) is 5.10. The van der Waals surface area contributed by atoms with Gasteiger partial charge in [-0.2, -0.15) is 5.10 Å². The minimum atomic E-state index is 0.520. The van der Waals surface area contributed by atoms with Crippen LogP contribution < -0.4 is 0 Å². The van der Waals surface area contributed by atoms with E-state index >= 15 is 0 Å². The van der Waals surface area contributed by atoms with Crippen molar-refractivity contribution in [1.29, 1.82) is 0 Å². The molecule has 4 heteroatoms. The van der Waals surface area contributed by atoms with Crippen LogP contribution in [0.4, 0.5) is 0 Å². The van der Waals surface area contributed by atoms with Gasteiger partial charge in [-0.25, -0.2) is 4.98 Å². The fraction of sp³-hybridized carbons (Fsp3) is 0.400. The van der Waals surface area contributed by atoms with Gasteiger partial charge in [0.05, 0.1) is 17.2 Å². The average molecular weight is 207 g/mol. The molecule has 0 aliphatic rings. The van der Waals surface area contributed by atoms with Gasteiger partial charge in [0.15, 0.2) is 0 Å². The molecule has 0 unspecified atom stereocenters. The molecule has 2 aromatic rings. The molecule has 2 aromatic heterocycles. The first-order valence-corrected chi connectivity index (χ1v) is 5.55. The predicted molar refractivity (Wildman–Crippen MR) is 57.5 cm³/mol. The second-order valence-corrected chi connectivity index (χ2v) is 4.43. The number of aromatic nitrogens is 3. The Balaban J connectivity index is 2.11. The first-order valence-electron chi connectivity index (χ1n) is 4.67. The number of rotatable bonds is 3. The molecule has 0 aliphatic carbocycles. The van der Waals surface area contributed by atoms with Gasteiger partial charge in [0.2, 0.25) is 0 Å². The molecule has 74 valence electrons. The van der Waals surface area contributed by atoms with Gasteiger partial charge in [0.25, 0.3) is 0 Å². The van der Waals surface area contributed by atoms with Crippen LogP contribution in [0, 0.1) is 0 Å². The molecule has 0 saturated carbocycles. The predicted octanol–water partition coefficient (Wildman–Crippen LogP) is 2.51. The molecule has 0 aliphatic heterocycles. The van der Waals surface area contributed by atoms with Crippen molar-refractivity contribution >= 4 is 11.3 Å². The minimum absolute atomic E-state index is 0.520. The molecule has 0 N–H and O–H groups in total. The maximum Gasteiger partial charge on any atom is 0.0954 e. The zero-order valence-corrected chi connectivity index (χ0v) is 9.16. The van der Waals surface area contributed by atoms with Gasteiger partial charge in [0.1, 0.15) is 0 Å². The zero-order valence-electron chi connectivity index (χ0n) is 8.34. The molecule has 0 amide bonds. The van der Waals surface area contributed by atoms with Crippen molar-refractivity contribution in [2.75, 3.05) is 0 Å². The molecule has 0 spiro atoms. The minimum Gasteiger partial charge on any atom is -0.267 e. The summed E-state index contributed by atoms with van der Waals surface area (Å²) in [7, 11) is 0. The highest BCUT2D eigenvalue weighted by molar-refractivity contribution is 7.09. The van der Waals surface area contributed by atoms with E-state index in [2.05, 4.69) is 29.3 Å². The Morgan fingerprint density at radius 2 is 2.36 bits per heavy atom. The summed E-state index contributed by atoms with van der Waals surface area (Å²) in [4.78, 5) is 4.54. The van der Waals surface area contributed by atoms with E-state index in [1.54, 1.807) is 17.5 Å². The largest absolute Gasteiger partial charge is 0.267 e. The summed E-state index contributed by atoms with van der Waals surface area (Å²) >= 11 is 1.73. The van der Waals surface area contributed by atoms with Gasteiger partial charge < -0.3 is 0 Å². The zero-order chi connectivity index (χ0) is 9.97. The van der Waals surface area contributed by atoms with Gasteiger partial charge in [-0.3, -0.25) is 4.68 Å². The monoisotopic (exact) mass is 207 g/mol. The van der Waals surface area contributed by atoms with Crippen LogP contribution in [-0.4, -0.2) is 14.8 Å². The van der Waals surface area contributed by atoms with E-state index in [0.29, 0.717) is 5.92 Å². The summed E-state index contributed by atoms with van der Waals surface area (Å²) in [5.41, 5.74) is 1.10. The van der Waals surface area contributed by atoms with Gasteiger partial charge in [-0.05, 0) is 6.07 Å². The second-order valence-electron chi connectivity index (χ2n) is 3.54. The Labute approximate surface area is 87.4 Å². The molecule has 0 bridgehead atoms. The molecule has 0 radical (unpaired) electrons. The standard InChI is InChI=1S/C10H13N3S/c1-8(2)10-12-9(7-14-10)6-13-5-3-4-11-13/h3-5,7-8H,6H2,1-2H3. The lowest BCUT2D eigenvalue weighted by molar-refractivity contribution is 0.671. The van der Waals surface area contributed by atoms with Crippen LogP contribution in [0.5, 0.6) is 0 Å². The van der Waals surface area contributed by atoms with Crippen LogP contribution in [0.2, 0.25) is 0 Å². The number of hydrogen-bond acceptors (Lipinski definition) is 3. The van der Waals surface area contributed by atoms with Crippen LogP contribution in [0.3, 0.4) is 0 Å². The van der Waals surface area contributed by atoms with E-state index in [0.717, 1.165) is 12.2 Å². The molecule has 0 fully saturated rings. The van der Waals surface area contributed by atoms with E-state index in [4.69, 9.17) is 0 Å². The fourth-order valence-electron chi connectivity index (χ4n) is 1.22. The van der Waals surface area contributed by atoms with Crippen molar-refractivity contribution in [3.05, 3.63) is 34.5 Å². The van der Waals surface area contributed by atoms with E-state index in [9.17, 15) is 0 Å². The first-order chi connectivity index (χ1) is 6.75. The maximum atomic E-state index is 4.54. The summed E-state index contributed by atoms with van der Waals surface area (Å²) in [5.74, 6) is 0.520. The molecular weight excluding hydrogens is 194 g/mol. The van der Waals surface area contributed by atoms with Crippen LogP contribution in [0.15, 0.2) is 23.8 Å². The quantitative estimate of drug-likeness (QED) is 0.774. The number of nitrogens with zero attached hydrogens (tertiary/aromatic N) is 3. The molecule has 2 rings (SSSR count). The van der Waals surface area contributed by atoms with E-state index in [-0.39, 0.29) is 0 Å². The highest BCUT2D eigenvalue weighted by Gasteiger charge is 2.05. The third-order valence-electron chi connectivity index (χ3n) is 1.95. The fourth-order valence-corrected chi connectivity index (χ4v) is 2.05. The third kappa shape index (κ3) is 2.01. The first kappa shape index (κ1) is 9.40. The van der Waals surface area contributed by atoms with Crippen LogP contribution >= 0.6 is 11.3 Å². The highest BCUT2D eigenvalue weighted by atomic mass is 32.1. The molecular formula is C10H13N3S. The van der Waals surface area contributed by atoms with Crippen molar-refractivity contribution in [2.24, 2.45) is 0 Å². The van der Waals surface area contributed by atoms with Gasteiger partial charge in [-0.1, -0.05) is 13.8 Å². The van der Waals surface area contributed by atoms with Crippen molar-refractivity contribution in [3.8, 4) is 0 Å². The van der Waals surface area contributed by atoms with Crippen molar-refractivity contribution in [2.45, 2.75) is 26.3 Å². The lowest BCUT2D eigenvalue weighted by Gasteiger charge is -1.98. The average Bonchev–Trinajstić information content (AvgIpc) is 2.75. The number of hydrogen-bond donors (Lipinski definition) is 0. The summed E-state index contributed by atoms with van der Waals surface area (Å²) < 4.78 is 1.89. The van der Waals surface area contributed by atoms with Crippen molar-refractivity contribution in [3.63, 3.8) is 0 Å². The Hall–Kier alpha value is -1.16. The van der Waals surface area contributed by atoms with E-state index < -0.39 is 0 Å². The van der Waals surface area contributed by atoms with Gasteiger partial charge in [-0.15, -0.1) is 11.3 Å². The van der Waals surface area contributed by atoms with Crippen molar-refractivity contribution < 1.29 is 0 Å². The van der Waals surface area contributed by atoms with Crippen LogP contribution in [-0.2, 0) is 6.54 Å². The van der Waals surface area contributed by atoms with Crippen molar-refractivity contribution in [1.82, 2.24) is 14.8 Å². The third-order valence-corrected chi connectivity index (χ3v) is 3.14. The Bertz CT molecular complexity index is 389. The molecule has 14 heavy (non-hydrogen) atoms. The Morgan fingerprint density at radius 3 is 2.93 bits per heavy atom. The Kier molecular flexibility index (Phi) is 2.63. The maximum absolute atomic E-state index is 4.54. The molecule has 2 heterocycles. The Morgan fingerprint density at radius 1 is 1.50 bits per heavy atom. The topological polar surface area (TPSA) is 30.7 Å². The summed E-state index contributed by atoms with van der Waals surface area (Å²) in [6.07, 6.45) is 3.74. The lowest BCUT2D eigenvalue weighted by Crippen LogP contribution is -2.00. The highest BCUT2D eigenvalue weighted by Crippen LogP contribution is 2.19. The lowest BCUT2D eigenvalue weighted by atomic mass is 10.2. The molecule has 3 nitrogen and oxygen atoms in total. The molecule has 0 atom stereocenters. The SMILES string of the molecule is CC(C)c1nc(Cn2cccn2)cs1.